The highest BCUT2D eigenvalue weighted by Gasteiger charge is 2.26. The van der Waals surface area contributed by atoms with Gasteiger partial charge in [-0.2, -0.15) is 5.10 Å². The molecule has 0 saturated carbocycles. The molecule has 0 spiro atoms. The summed E-state index contributed by atoms with van der Waals surface area (Å²) in [4.78, 5) is 22.0. The smallest absolute Gasteiger partial charge is 0.404 e. The summed E-state index contributed by atoms with van der Waals surface area (Å²) in [7, 11) is 1.63. The molecule has 4 N–H and O–H groups in total. The van der Waals surface area contributed by atoms with E-state index in [1.165, 1.54) is 5.56 Å². The van der Waals surface area contributed by atoms with E-state index in [2.05, 4.69) is 30.8 Å². The number of aryl methyl sites for hydroxylation is 1. The Morgan fingerprint density at radius 2 is 2.28 bits per heavy atom. The lowest BCUT2D eigenvalue weighted by Gasteiger charge is -2.22. The SMILES string of the molecule is COc1cc2[nH]ncc2cc1Nc1ncnc2sc3c(c12)CCC(NC(=O)O)C3. The summed E-state index contributed by atoms with van der Waals surface area (Å²) in [6.07, 6.45) is 4.53. The van der Waals surface area contributed by atoms with E-state index in [4.69, 9.17) is 9.84 Å². The Labute approximate surface area is 169 Å². The van der Waals surface area contributed by atoms with Crippen LogP contribution in [0.2, 0.25) is 0 Å². The number of carboxylic acid groups (broad SMARTS) is 1. The standard InChI is InChI=1S/C19H18N6O3S/c1-28-14-6-12-9(7-22-25-12)4-13(14)24-17-16-11-3-2-10(23-19(26)27)5-15(11)29-18(16)21-8-20-17/h4,6-8,10,23H,2-3,5H2,1H3,(H,22,25)(H,26,27)(H,20,21,24). The van der Waals surface area contributed by atoms with Gasteiger partial charge in [-0.15, -0.1) is 11.3 Å². The Morgan fingerprint density at radius 1 is 1.38 bits per heavy atom. The third kappa shape index (κ3) is 3.11. The van der Waals surface area contributed by atoms with Gasteiger partial charge in [0.15, 0.2) is 0 Å². The van der Waals surface area contributed by atoms with E-state index in [0.29, 0.717) is 12.2 Å². The van der Waals surface area contributed by atoms with Crippen molar-refractivity contribution in [1.82, 2.24) is 25.5 Å². The van der Waals surface area contributed by atoms with Gasteiger partial charge < -0.3 is 20.5 Å². The molecule has 4 aromatic rings. The van der Waals surface area contributed by atoms with Crippen LogP contribution in [0.25, 0.3) is 21.1 Å². The number of ether oxygens (including phenoxy) is 1. The first-order valence-electron chi connectivity index (χ1n) is 9.15. The van der Waals surface area contributed by atoms with Crippen LogP contribution >= 0.6 is 11.3 Å². The third-order valence-corrected chi connectivity index (χ3v) is 6.35. The van der Waals surface area contributed by atoms with E-state index >= 15 is 0 Å². The maximum atomic E-state index is 11.0. The van der Waals surface area contributed by atoms with Gasteiger partial charge in [0, 0.05) is 28.8 Å². The number of aromatic amines is 1. The van der Waals surface area contributed by atoms with Crippen molar-refractivity contribution in [3.8, 4) is 5.75 Å². The van der Waals surface area contributed by atoms with E-state index in [1.54, 1.807) is 31.0 Å². The minimum Gasteiger partial charge on any atom is -0.494 e. The number of nitrogens with zero attached hydrogens (tertiary/aromatic N) is 3. The molecule has 1 unspecified atom stereocenters. The molecule has 10 heteroatoms. The number of rotatable bonds is 4. The summed E-state index contributed by atoms with van der Waals surface area (Å²) >= 11 is 1.60. The lowest BCUT2D eigenvalue weighted by Crippen LogP contribution is -2.37. The third-order valence-electron chi connectivity index (χ3n) is 5.19. The predicted molar refractivity (Wildman–Crippen MR) is 110 cm³/mol. The molecule has 29 heavy (non-hydrogen) atoms. The van der Waals surface area contributed by atoms with Gasteiger partial charge in [0.2, 0.25) is 0 Å². The molecule has 0 saturated heterocycles. The maximum Gasteiger partial charge on any atom is 0.404 e. The molecule has 0 radical (unpaired) electrons. The topological polar surface area (TPSA) is 125 Å². The van der Waals surface area contributed by atoms with Crippen LogP contribution in [0, 0.1) is 0 Å². The van der Waals surface area contributed by atoms with Crippen molar-refractivity contribution in [3.05, 3.63) is 35.1 Å². The van der Waals surface area contributed by atoms with Crippen molar-refractivity contribution >= 4 is 50.1 Å². The number of anilines is 2. The van der Waals surface area contributed by atoms with Crippen molar-refractivity contribution in [1.29, 1.82) is 0 Å². The fourth-order valence-corrected chi connectivity index (χ4v) is 5.14. The Bertz CT molecular complexity index is 1230. The van der Waals surface area contributed by atoms with Gasteiger partial charge in [0.25, 0.3) is 0 Å². The number of benzene rings is 1. The predicted octanol–water partition coefficient (Wildman–Crippen LogP) is 3.44. The number of H-pyrrole nitrogens is 1. The molecule has 0 aliphatic heterocycles. The first-order chi connectivity index (χ1) is 14.1. The van der Waals surface area contributed by atoms with Gasteiger partial charge in [0.05, 0.1) is 29.9 Å². The lowest BCUT2D eigenvalue weighted by molar-refractivity contribution is 0.188. The fourth-order valence-electron chi connectivity index (χ4n) is 3.87. The molecule has 3 aromatic heterocycles. The highest BCUT2D eigenvalue weighted by atomic mass is 32.1. The van der Waals surface area contributed by atoms with Gasteiger partial charge in [-0.1, -0.05) is 0 Å². The Kier molecular flexibility index (Phi) is 4.20. The van der Waals surface area contributed by atoms with E-state index in [1.807, 2.05) is 12.1 Å². The lowest BCUT2D eigenvalue weighted by atomic mass is 9.93. The number of fused-ring (bicyclic) bond motifs is 4. The molecule has 148 valence electrons. The number of aromatic nitrogens is 4. The molecule has 1 amide bonds. The van der Waals surface area contributed by atoms with E-state index in [0.717, 1.165) is 50.3 Å². The summed E-state index contributed by atoms with van der Waals surface area (Å²) in [6, 6.07) is 3.80. The van der Waals surface area contributed by atoms with Crippen molar-refractivity contribution in [2.45, 2.75) is 25.3 Å². The zero-order valence-electron chi connectivity index (χ0n) is 15.5. The van der Waals surface area contributed by atoms with Gasteiger partial charge in [-0.25, -0.2) is 14.8 Å². The molecule has 0 fully saturated rings. The number of thiophene rings is 1. The molecule has 3 heterocycles. The van der Waals surface area contributed by atoms with Crippen molar-refractivity contribution in [2.24, 2.45) is 0 Å². The summed E-state index contributed by atoms with van der Waals surface area (Å²) in [5.74, 6) is 1.40. The van der Waals surface area contributed by atoms with Crippen LogP contribution in [0.15, 0.2) is 24.7 Å². The van der Waals surface area contributed by atoms with Crippen LogP contribution in [0.5, 0.6) is 5.75 Å². The largest absolute Gasteiger partial charge is 0.494 e. The van der Waals surface area contributed by atoms with Gasteiger partial charge in [-0.05, 0) is 24.5 Å². The van der Waals surface area contributed by atoms with Gasteiger partial charge in [-0.3, -0.25) is 5.10 Å². The number of amides is 1. The molecular formula is C19H18N6O3S. The van der Waals surface area contributed by atoms with Crippen molar-refractivity contribution in [3.63, 3.8) is 0 Å². The normalized spacial score (nSPS) is 16.0. The Hall–Kier alpha value is -3.40. The van der Waals surface area contributed by atoms with Crippen LogP contribution in [0.1, 0.15) is 16.9 Å². The van der Waals surface area contributed by atoms with Gasteiger partial charge in [0.1, 0.15) is 22.7 Å². The van der Waals surface area contributed by atoms with E-state index in [-0.39, 0.29) is 6.04 Å². The maximum absolute atomic E-state index is 11.0. The summed E-state index contributed by atoms with van der Waals surface area (Å²) in [5.41, 5.74) is 2.88. The second-order valence-electron chi connectivity index (χ2n) is 6.93. The first kappa shape index (κ1) is 17.7. The molecular weight excluding hydrogens is 392 g/mol. The van der Waals surface area contributed by atoms with Gasteiger partial charge >= 0.3 is 6.09 Å². The van der Waals surface area contributed by atoms with Crippen molar-refractivity contribution in [2.75, 3.05) is 12.4 Å². The average Bonchev–Trinajstić information content (AvgIpc) is 3.30. The quantitative estimate of drug-likeness (QED) is 0.406. The second kappa shape index (κ2) is 6.89. The second-order valence-corrected chi connectivity index (χ2v) is 8.01. The molecule has 1 aliphatic carbocycles. The Balaban J connectivity index is 1.55. The highest BCUT2D eigenvalue weighted by molar-refractivity contribution is 7.19. The number of methoxy groups -OCH3 is 1. The first-order valence-corrected chi connectivity index (χ1v) is 9.97. The van der Waals surface area contributed by atoms with Crippen LogP contribution in [-0.4, -0.2) is 44.5 Å². The zero-order valence-corrected chi connectivity index (χ0v) is 16.3. The number of hydrogen-bond acceptors (Lipinski definition) is 7. The average molecular weight is 410 g/mol. The minimum atomic E-state index is -0.983. The fraction of sp³-hybridized carbons (Fsp3) is 0.263. The minimum absolute atomic E-state index is 0.0685. The number of carbonyl (C=O) groups is 1. The van der Waals surface area contributed by atoms with Crippen LogP contribution < -0.4 is 15.4 Å². The van der Waals surface area contributed by atoms with Crippen LogP contribution in [0.3, 0.4) is 0 Å². The summed E-state index contributed by atoms with van der Waals surface area (Å²) in [6.45, 7) is 0. The molecule has 1 aromatic carbocycles. The van der Waals surface area contributed by atoms with E-state index in [9.17, 15) is 4.79 Å². The number of nitrogens with one attached hydrogen (secondary N) is 3. The van der Waals surface area contributed by atoms with Crippen molar-refractivity contribution < 1.29 is 14.6 Å². The van der Waals surface area contributed by atoms with Crippen LogP contribution in [0.4, 0.5) is 16.3 Å². The molecule has 1 aliphatic rings. The molecule has 1 atom stereocenters. The summed E-state index contributed by atoms with van der Waals surface area (Å²) in [5, 5.41) is 24.0. The zero-order chi connectivity index (χ0) is 20.0. The summed E-state index contributed by atoms with van der Waals surface area (Å²) < 4.78 is 5.54. The Morgan fingerprint density at radius 3 is 3.10 bits per heavy atom. The molecule has 5 rings (SSSR count). The molecule has 0 bridgehead atoms. The highest BCUT2D eigenvalue weighted by Crippen LogP contribution is 2.40. The monoisotopic (exact) mass is 410 g/mol. The number of hydrogen-bond donors (Lipinski definition) is 4. The molecule has 9 nitrogen and oxygen atoms in total. The van der Waals surface area contributed by atoms with E-state index < -0.39 is 6.09 Å². The van der Waals surface area contributed by atoms with Crippen LogP contribution in [-0.2, 0) is 12.8 Å².